The van der Waals surface area contributed by atoms with E-state index in [0.29, 0.717) is 6.54 Å². The van der Waals surface area contributed by atoms with Crippen LogP contribution in [0.1, 0.15) is 17.9 Å². The Labute approximate surface area is 102 Å². The molecule has 1 saturated heterocycles. The molecule has 0 radical (unpaired) electrons. The van der Waals surface area contributed by atoms with Gasteiger partial charge in [0.15, 0.2) is 0 Å². The first kappa shape index (κ1) is 11.9. The molecular formula is C14H18N2O. The van der Waals surface area contributed by atoms with Gasteiger partial charge in [-0.25, -0.2) is 0 Å². The maximum Gasteiger partial charge on any atom is 0.236 e. The average molecular weight is 230 g/mol. The van der Waals surface area contributed by atoms with Crippen LogP contribution in [-0.2, 0) is 4.79 Å². The van der Waals surface area contributed by atoms with Crippen LogP contribution >= 0.6 is 0 Å². The fraction of sp³-hybridized carbons (Fsp3) is 0.357. The van der Waals surface area contributed by atoms with Crippen molar-refractivity contribution in [3.8, 4) is 0 Å². The van der Waals surface area contributed by atoms with E-state index >= 15 is 0 Å². The number of piperidine rings is 1. The number of carbonyl (C=O) groups excluding carboxylic acids is 1. The summed E-state index contributed by atoms with van der Waals surface area (Å²) in [5.74, 6) is 0.277. The van der Waals surface area contributed by atoms with Gasteiger partial charge in [0.2, 0.25) is 5.91 Å². The molecule has 1 unspecified atom stereocenters. The highest BCUT2D eigenvalue weighted by Crippen LogP contribution is 2.30. The maximum absolute atomic E-state index is 11.6. The largest absolute Gasteiger partial charge is 0.340 e. The number of benzene rings is 1. The molecule has 1 atom stereocenters. The predicted octanol–water partition coefficient (Wildman–Crippen LogP) is 1.52. The second-order valence-corrected chi connectivity index (χ2v) is 4.42. The Morgan fingerprint density at radius 2 is 2.12 bits per heavy atom. The maximum atomic E-state index is 11.6. The highest BCUT2D eigenvalue weighted by Gasteiger charge is 2.26. The molecule has 0 aromatic heterocycles. The van der Waals surface area contributed by atoms with Crippen molar-refractivity contribution in [3.63, 3.8) is 0 Å². The number of hydrogen-bond acceptors (Lipinski definition) is 2. The Hall–Kier alpha value is -1.61. The van der Waals surface area contributed by atoms with E-state index in [1.807, 2.05) is 23.1 Å². The van der Waals surface area contributed by atoms with Crippen LogP contribution in [0.15, 0.2) is 42.5 Å². The molecule has 1 heterocycles. The van der Waals surface area contributed by atoms with Gasteiger partial charge in [-0.15, -0.1) is 0 Å². The third kappa shape index (κ3) is 2.56. The van der Waals surface area contributed by atoms with Crippen molar-refractivity contribution in [1.82, 2.24) is 4.90 Å². The zero-order valence-corrected chi connectivity index (χ0v) is 9.93. The van der Waals surface area contributed by atoms with E-state index in [1.165, 1.54) is 11.1 Å². The Balaban J connectivity index is 2.16. The van der Waals surface area contributed by atoms with Gasteiger partial charge in [-0.3, -0.25) is 4.79 Å². The molecule has 1 amide bonds. The van der Waals surface area contributed by atoms with Crippen LogP contribution in [0, 0.1) is 0 Å². The Kier molecular flexibility index (Phi) is 3.59. The lowest BCUT2D eigenvalue weighted by molar-refractivity contribution is -0.130. The van der Waals surface area contributed by atoms with Gasteiger partial charge in [0.05, 0.1) is 6.54 Å². The summed E-state index contributed by atoms with van der Waals surface area (Å²) >= 11 is 0. The standard InChI is InChI=1S/C14H18N2O/c1-11-7-8-16(14(17)9-15)10-13(11)12-5-3-2-4-6-12/h2-6,13H,1,7-10,15H2. The molecule has 3 heteroatoms. The topological polar surface area (TPSA) is 46.3 Å². The Morgan fingerprint density at radius 3 is 2.76 bits per heavy atom. The van der Waals surface area contributed by atoms with Crippen LogP contribution < -0.4 is 5.73 Å². The number of rotatable bonds is 2. The smallest absolute Gasteiger partial charge is 0.236 e. The van der Waals surface area contributed by atoms with E-state index < -0.39 is 0 Å². The lowest BCUT2D eigenvalue weighted by Gasteiger charge is -2.34. The first-order chi connectivity index (χ1) is 8.22. The molecular weight excluding hydrogens is 212 g/mol. The molecule has 2 rings (SSSR count). The molecule has 1 aromatic carbocycles. The predicted molar refractivity (Wildman–Crippen MR) is 68.6 cm³/mol. The third-order valence-electron chi connectivity index (χ3n) is 3.33. The van der Waals surface area contributed by atoms with Crippen LogP contribution in [0.2, 0.25) is 0 Å². The SMILES string of the molecule is C=C1CCN(C(=O)CN)CC1c1ccccc1. The lowest BCUT2D eigenvalue weighted by atomic mass is 9.87. The summed E-state index contributed by atoms with van der Waals surface area (Å²) in [6.07, 6.45) is 0.866. The van der Waals surface area contributed by atoms with Crippen molar-refractivity contribution in [1.29, 1.82) is 0 Å². The van der Waals surface area contributed by atoms with E-state index in [4.69, 9.17) is 5.73 Å². The first-order valence-corrected chi connectivity index (χ1v) is 5.93. The van der Waals surface area contributed by atoms with Gasteiger partial charge in [-0.2, -0.15) is 0 Å². The lowest BCUT2D eigenvalue weighted by Crippen LogP contribution is -2.42. The van der Waals surface area contributed by atoms with E-state index in [9.17, 15) is 4.79 Å². The summed E-state index contributed by atoms with van der Waals surface area (Å²) in [6.45, 7) is 5.67. The van der Waals surface area contributed by atoms with E-state index in [1.54, 1.807) is 0 Å². The monoisotopic (exact) mass is 230 g/mol. The van der Waals surface area contributed by atoms with Crippen LogP contribution in [0.5, 0.6) is 0 Å². The molecule has 1 aliphatic heterocycles. The van der Waals surface area contributed by atoms with Crippen molar-refractivity contribution in [2.75, 3.05) is 19.6 Å². The number of nitrogens with zero attached hydrogens (tertiary/aromatic N) is 1. The summed E-state index contributed by atoms with van der Waals surface area (Å²) in [4.78, 5) is 13.5. The molecule has 17 heavy (non-hydrogen) atoms. The second-order valence-electron chi connectivity index (χ2n) is 4.42. The van der Waals surface area contributed by atoms with Gasteiger partial charge in [0.25, 0.3) is 0 Å². The number of hydrogen-bond donors (Lipinski definition) is 1. The minimum atomic E-state index is 0.0263. The summed E-state index contributed by atoms with van der Waals surface area (Å²) in [5.41, 5.74) is 7.84. The third-order valence-corrected chi connectivity index (χ3v) is 3.33. The van der Waals surface area contributed by atoms with Crippen molar-refractivity contribution in [3.05, 3.63) is 48.0 Å². The molecule has 1 aromatic rings. The first-order valence-electron chi connectivity index (χ1n) is 5.93. The molecule has 0 bridgehead atoms. The average Bonchev–Trinajstić information content (AvgIpc) is 2.39. The normalized spacial score (nSPS) is 20.4. The van der Waals surface area contributed by atoms with Crippen LogP contribution in [0.4, 0.5) is 0 Å². The van der Waals surface area contributed by atoms with E-state index in [-0.39, 0.29) is 18.4 Å². The number of amides is 1. The molecule has 1 aliphatic rings. The van der Waals surface area contributed by atoms with Gasteiger partial charge in [-0.1, -0.05) is 42.5 Å². The number of nitrogens with two attached hydrogens (primary N) is 1. The highest BCUT2D eigenvalue weighted by atomic mass is 16.2. The fourth-order valence-electron chi connectivity index (χ4n) is 2.28. The molecule has 0 saturated carbocycles. The molecule has 0 aliphatic carbocycles. The summed E-state index contributed by atoms with van der Waals surface area (Å²) in [5, 5.41) is 0. The minimum absolute atomic E-state index is 0.0263. The van der Waals surface area contributed by atoms with Crippen molar-refractivity contribution < 1.29 is 4.79 Å². The summed E-state index contributed by atoms with van der Waals surface area (Å²) in [7, 11) is 0. The highest BCUT2D eigenvalue weighted by molar-refractivity contribution is 5.78. The molecule has 3 nitrogen and oxygen atoms in total. The fourth-order valence-corrected chi connectivity index (χ4v) is 2.28. The van der Waals surface area contributed by atoms with Crippen LogP contribution in [0.25, 0.3) is 0 Å². The zero-order valence-electron chi connectivity index (χ0n) is 9.93. The second kappa shape index (κ2) is 5.15. The van der Waals surface area contributed by atoms with Crippen LogP contribution in [0.3, 0.4) is 0 Å². The van der Waals surface area contributed by atoms with E-state index in [0.717, 1.165) is 13.0 Å². The minimum Gasteiger partial charge on any atom is -0.340 e. The Morgan fingerprint density at radius 1 is 1.41 bits per heavy atom. The molecule has 90 valence electrons. The van der Waals surface area contributed by atoms with Crippen molar-refractivity contribution >= 4 is 5.91 Å². The quantitative estimate of drug-likeness (QED) is 0.783. The van der Waals surface area contributed by atoms with Gasteiger partial charge >= 0.3 is 0 Å². The van der Waals surface area contributed by atoms with Crippen molar-refractivity contribution in [2.45, 2.75) is 12.3 Å². The van der Waals surface area contributed by atoms with Gasteiger partial charge in [-0.05, 0) is 12.0 Å². The zero-order chi connectivity index (χ0) is 12.3. The molecule has 2 N–H and O–H groups in total. The Bertz CT molecular complexity index is 413. The number of likely N-dealkylation sites (tertiary alicyclic amines) is 1. The summed E-state index contributed by atoms with van der Waals surface area (Å²) < 4.78 is 0. The number of carbonyl (C=O) groups is 1. The van der Waals surface area contributed by atoms with Crippen LogP contribution in [-0.4, -0.2) is 30.4 Å². The molecule has 1 fully saturated rings. The van der Waals surface area contributed by atoms with Gasteiger partial charge < -0.3 is 10.6 Å². The summed E-state index contributed by atoms with van der Waals surface area (Å²) in [6, 6.07) is 10.2. The van der Waals surface area contributed by atoms with Gasteiger partial charge in [0.1, 0.15) is 0 Å². The van der Waals surface area contributed by atoms with Crippen molar-refractivity contribution in [2.24, 2.45) is 5.73 Å². The van der Waals surface area contributed by atoms with Gasteiger partial charge in [0, 0.05) is 19.0 Å². The molecule has 0 spiro atoms. The van der Waals surface area contributed by atoms with E-state index in [2.05, 4.69) is 18.7 Å².